The van der Waals surface area contributed by atoms with Crippen LogP contribution in [-0.2, 0) is 10.0 Å². The molecule has 0 aliphatic heterocycles. The van der Waals surface area contributed by atoms with Crippen LogP contribution in [0.2, 0.25) is 0 Å². The molecule has 22 heavy (non-hydrogen) atoms. The minimum atomic E-state index is -3.66. The number of fused-ring (bicyclic) bond motifs is 1. The summed E-state index contributed by atoms with van der Waals surface area (Å²) in [6, 6.07) is 15.2. The van der Waals surface area contributed by atoms with Crippen molar-refractivity contribution >= 4 is 26.6 Å². The second kappa shape index (κ2) is 5.65. The van der Waals surface area contributed by atoms with Gasteiger partial charge in [-0.3, -0.25) is 9.71 Å². The second-order valence-corrected chi connectivity index (χ2v) is 6.34. The summed E-state index contributed by atoms with van der Waals surface area (Å²) in [7, 11) is -2.13. The van der Waals surface area contributed by atoms with Crippen LogP contribution in [0.25, 0.3) is 10.9 Å². The number of aromatic nitrogens is 1. The third-order valence-corrected chi connectivity index (χ3v) is 4.64. The normalized spacial score (nSPS) is 11.3. The van der Waals surface area contributed by atoms with Crippen molar-refractivity contribution in [3.8, 4) is 5.75 Å². The molecule has 0 unspecified atom stereocenters. The van der Waals surface area contributed by atoms with E-state index in [1.54, 1.807) is 24.4 Å². The van der Waals surface area contributed by atoms with Gasteiger partial charge in [0.25, 0.3) is 10.0 Å². The molecule has 1 N–H and O–H groups in total. The SMILES string of the molecule is COc1ccc(S(=O)(=O)Nc2ccnc3ccccc23)cc1. The van der Waals surface area contributed by atoms with Gasteiger partial charge in [0, 0.05) is 11.6 Å². The molecule has 6 heteroatoms. The summed E-state index contributed by atoms with van der Waals surface area (Å²) in [4.78, 5) is 4.39. The van der Waals surface area contributed by atoms with Gasteiger partial charge >= 0.3 is 0 Å². The van der Waals surface area contributed by atoms with Gasteiger partial charge in [0.2, 0.25) is 0 Å². The first-order valence-electron chi connectivity index (χ1n) is 6.61. The van der Waals surface area contributed by atoms with E-state index in [1.807, 2.05) is 24.3 Å². The fourth-order valence-corrected chi connectivity index (χ4v) is 3.22. The van der Waals surface area contributed by atoms with E-state index >= 15 is 0 Å². The Morgan fingerprint density at radius 1 is 1.00 bits per heavy atom. The highest BCUT2D eigenvalue weighted by Crippen LogP contribution is 2.24. The number of pyridine rings is 1. The van der Waals surface area contributed by atoms with Gasteiger partial charge in [0.15, 0.2) is 0 Å². The first kappa shape index (κ1) is 14.3. The zero-order valence-electron chi connectivity index (χ0n) is 11.9. The van der Waals surface area contributed by atoms with Gasteiger partial charge in [0.05, 0.1) is 23.2 Å². The maximum absolute atomic E-state index is 12.5. The number of ether oxygens (including phenoxy) is 1. The lowest BCUT2D eigenvalue weighted by Gasteiger charge is -2.10. The first-order chi connectivity index (χ1) is 10.6. The van der Waals surface area contributed by atoms with Crippen molar-refractivity contribution in [2.75, 3.05) is 11.8 Å². The van der Waals surface area contributed by atoms with Crippen LogP contribution >= 0.6 is 0 Å². The van der Waals surface area contributed by atoms with E-state index < -0.39 is 10.0 Å². The summed E-state index contributed by atoms with van der Waals surface area (Å²) in [5.74, 6) is 0.605. The van der Waals surface area contributed by atoms with Gasteiger partial charge in [-0.1, -0.05) is 18.2 Å². The molecule has 0 saturated heterocycles. The van der Waals surface area contributed by atoms with Crippen molar-refractivity contribution in [1.82, 2.24) is 4.98 Å². The van der Waals surface area contributed by atoms with Crippen molar-refractivity contribution in [3.63, 3.8) is 0 Å². The van der Waals surface area contributed by atoms with E-state index in [-0.39, 0.29) is 4.90 Å². The van der Waals surface area contributed by atoms with Gasteiger partial charge < -0.3 is 4.74 Å². The number of rotatable bonds is 4. The van der Waals surface area contributed by atoms with Crippen LogP contribution in [0.3, 0.4) is 0 Å². The van der Waals surface area contributed by atoms with Gasteiger partial charge in [0.1, 0.15) is 5.75 Å². The average Bonchev–Trinajstić information content (AvgIpc) is 2.55. The van der Waals surface area contributed by atoms with Crippen molar-refractivity contribution in [1.29, 1.82) is 0 Å². The molecule has 3 aromatic rings. The molecule has 0 amide bonds. The number of methoxy groups -OCH3 is 1. The van der Waals surface area contributed by atoms with Crippen LogP contribution < -0.4 is 9.46 Å². The molecule has 3 rings (SSSR count). The molecule has 0 saturated carbocycles. The van der Waals surface area contributed by atoms with E-state index in [4.69, 9.17) is 4.74 Å². The Morgan fingerprint density at radius 3 is 2.45 bits per heavy atom. The molecule has 0 aliphatic rings. The van der Waals surface area contributed by atoms with Gasteiger partial charge in [-0.2, -0.15) is 0 Å². The monoisotopic (exact) mass is 314 g/mol. The number of nitrogens with zero attached hydrogens (tertiary/aromatic N) is 1. The van der Waals surface area contributed by atoms with Gasteiger partial charge in [-0.05, 0) is 36.4 Å². The fourth-order valence-electron chi connectivity index (χ4n) is 2.14. The van der Waals surface area contributed by atoms with Crippen molar-refractivity contribution in [3.05, 3.63) is 60.8 Å². The molecule has 0 atom stereocenters. The largest absolute Gasteiger partial charge is 0.497 e. The van der Waals surface area contributed by atoms with E-state index in [9.17, 15) is 8.42 Å². The topological polar surface area (TPSA) is 68.3 Å². The summed E-state index contributed by atoms with van der Waals surface area (Å²) in [6.07, 6.45) is 1.58. The van der Waals surface area contributed by atoms with Crippen LogP contribution in [0.1, 0.15) is 0 Å². The van der Waals surface area contributed by atoms with E-state index in [2.05, 4.69) is 9.71 Å². The highest BCUT2D eigenvalue weighted by molar-refractivity contribution is 7.92. The van der Waals surface area contributed by atoms with E-state index in [0.29, 0.717) is 11.4 Å². The molecule has 1 heterocycles. The Bertz CT molecular complexity index is 901. The molecule has 2 aromatic carbocycles. The minimum Gasteiger partial charge on any atom is -0.497 e. The van der Waals surface area contributed by atoms with Crippen molar-refractivity contribution < 1.29 is 13.2 Å². The van der Waals surface area contributed by atoms with Crippen LogP contribution in [0.15, 0.2) is 65.7 Å². The predicted molar refractivity (Wildman–Crippen MR) is 85.5 cm³/mol. The maximum atomic E-state index is 12.5. The molecule has 0 radical (unpaired) electrons. The molecule has 0 bridgehead atoms. The van der Waals surface area contributed by atoms with Crippen LogP contribution in [0.5, 0.6) is 5.75 Å². The zero-order valence-corrected chi connectivity index (χ0v) is 12.7. The Balaban J connectivity index is 1.99. The Hall–Kier alpha value is -2.60. The van der Waals surface area contributed by atoms with Crippen LogP contribution in [0, 0.1) is 0 Å². The van der Waals surface area contributed by atoms with Crippen LogP contribution in [0.4, 0.5) is 5.69 Å². The molecular weight excluding hydrogens is 300 g/mol. The smallest absolute Gasteiger partial charge is 0.261 e. The Kier molecular flexibility index (Phi) is 3.68. The third-order valence-electron chi connectivity index (χ3n) is 3.26. The summed E-state index contributed by atoms with van der Waals surface area (Å²) in [6.45, 7) is 0. The van der Waals surface area contributed by atoms with E-state index in [1.165, 1.54) is 19.2 Å². The number of nitrogens with one attached hydrogen (secondary N) is 1. The summed E-state index contributed by atoms with van der Waals surface area (Å²) in [5, 5.41) is 0.752. The lowest BCUT2D eigenvalue weighted by Crippen LogP contribution is -2.13. The second-order valence-electron chi connectivity index (χ2n) is 4.66. The van der Waals surface area contributed by atoms with Gasteiger partial charge in [-0.15, -0.1) is 0 Å². The summed E-state index contributed by atoms with van der Waals surface area (Å²) < 4.78 is 32.6. The molecule has 1 aromatic heterocycles. The van der Waals surface area contributed by atoms with Crippen LogP contribution in [-0.4, -0.2) is 20.5 Å². The number of hydrogen-bond donors (Lipinski definition) is 1. The van der Waals surface area contributed by atoms with Crippen molar-refractivity contribution in [2.45, 2.75) is 4.90 Å². The number of para-hydroxylation sites is 1. The highest BCUT2D eigenvalue weighted by Gasteiger charge is 2.15. The number of anilines is 1. The van der Waals surface area contributed by atoms with Gasteiger partial charge in [-0.25, -0.2) is 8.42 Å². The fraction of sp³-hybridized carbons (Fsp3) is 0.0625. The predicted octanol–water partition coefficient (Wildman–Crippen LogP) is 3.04. The Morgan fingerprint density at radius 2 is 1.73 bits per heavy atom. The molecular formula is C16H14N2O3S. The average molecular weight is 314 g/mol. The van der Waals surface area contributed by atoms with E-state index in [0.717, 1.165) is 10.9 Å². The molecule has 0 spiro atoms. The Labute approximate surface area is 128 Å². The number of hydrogen-bond acceptors (Lipinski definition) is 4. The highest BCUT2D eigenvalue weighted by atomic mass is 32.2. The molecule has 0 aliphatic carbocycles. The number of benzene rings is 2. The lowest BCUT2D eigenvalue weighted by molar-refractivity contribution is 0.414. The standard InChI is InChI=1S/C16H14N2O3S/c1-21-12-6-8-13(9-7-12)22(19,20)18-16-10-11-17-15-5-3-2-4-14(15)16/h2-11H,1H3,(H,17,18). The zero-order chi connectivity index (χ0) is 15.6. The summed E-state index contributed by atoms with van der Waals surface area (Å²) >= 11 is 0. The molecule has 5 nitrogen and oxygen atoms in total. The molecule has 0 fully saturated rings. The minimum absolute atomic E-state index is 0.175. The maximum Gasteiger partial charge on any atom is 0.261 e. The van der Waals surface area contributed by atoms with Crippen molar-refractivity contribution in [2.24, 2.45) is 0 Å². The number of sulfonamides is 1. The first-order valence-corrected chi connectivity index (χ1v) is 8.09. The summed E-state index contributed by atoms with van der Waals surface area (Å²) in [5.41, 5.74) is 1.24. The molecule has 112 valence electrons. The quantitative estimate of drug-likeness (QED) is 0.803. The third kappa shape index (κ3) is 2.73. The lowest BCUT2D eigenvalue weighted by atomic mass is 10.2.